The molecule has 0 bridgehead atoms. The summed E-state index contributed by atoms with van der Waals surface area (Å²) in [5.74, 6) is 0.573. The number of allylic oxidation sites excluding steroid dienone is 1. The van der Waals surface area contributed by atoms with E-state index < -0.39 is 6.10 Å². The second-order valence-electron chi connectivity index (χ2n) is 6.66. The van der Waals surface area contributed by atoms with Gasteiger partial charge >= 0.3 is 0 Å². The van der Waals surface area contributed by atoms with Crippen molar-refractivity contribution in [3.8, 4) is 0 Å². The Labute approximate surface area is 115 Å². The second kappa shape index (κ2) is 5.87. The van der Waals surface area contributed by atoms with Gasteiger partial charge in [-0.3, -0.25) is 5.10 Å². The van der Waals surface area contributed by atoms with Crippen molar-refractivity contribution in [3.05, 3.63) is 18.0 Å². The minimum Gasteiger partial charge on any atom is -0.388 e. The van der Waals surface area contributed by atoms with Gasteiger partial charge in [-0.25, -0.2) is 0 Å². The molecule has 0 radical (unpaired) electrons. The van der Waals surface area contributed by atoms with Crippen LogP contribution >= 0.6 is 0 Å². The molecule has 0 amide bonds. The highest BCUT2D eigenvalue weighted by Crippen LogP contribution is 2.34. The lowest BCUT2D eigenvalue weighted by molar-refractivity contribution is 0.113. The Morgan fingerprint density at radius 1 is 1.37 bits per heavy atom. The van der Waals surface area contributed by atoms with Gasteiger partial charge in [-0.05, 0) is 24.2 Å². The fraction of sp³-hybridized carbons (Fsp3) is 0.733. The average Bonchev–Trinajstić information content (AvgIpc) is 2.89. The van der Waals surface area contributed by atoms with Crippen molar-refractivity contribution in [1.82, 2.24) is 15.4 Å². The number of hydrogen-bond acceptors (Lipinski definition) is 3. The van der Waals surface area contributed by atoms with Gasteiger partial charge in [-0.1, -0.05) is 51.3 Å². The standard InChI is InChI=1S/C15H25N3O/c1-15(2,3)14(19)12(13-10-16-18-17-13)9-11-7-5-4-6-8-11/h9-11,14,19H,4-8H2,1-3H3,(H,16,17,18). The summed E-state index contributed by atoms with van der Waals surface area (Å²) < 4.78 is 0. The third-order valence-electron chi connectivity index (χ3n) is 3.91. The van der Waals surface area contributed by atoms with E-state index in [4.69, 9.17) is 0 Å². The van der Waals surface area contributed by atoms with Crippen molar-refractivity contribution in [2.24, 2.45) is 11.3 Å². The Kier molecular flexibility index (Phi) is 4.40. The summed E-state index contributed by atoms with van der Waals surface area (Å²) in [4.78, 5) is 0. The van der Waals surface area contributed by atoms with Crippen LogP contribution in [0.1, 0.15) is 58.6 Å². The minimum atomic E-state index is -0.503. The molecule has 4 heteroatoms. The summed E-state index contributed by atoms with van der Waals surface area (Å²) in [6.45, 7) is 6.16. The highest BCUT2D eigenvalue weighted by atomic mass is 16.3. The molecule has 1 aromatic heterocycles. The zero-order valence-electron chi connectivity index (χ0n) is 12.2. The Hall–Kier alpha value is -1.16. The molecule has 1 aliphatic rings. The quantitative estimate of drug-likeness (QED) is 0.880. The summed E-state index contributed by atoms with van der Waals surface area (Å²) >= 11 is 0. The van der Waals surface area contributed by atoms with Crippen molar-refractivity contribution in [2.75, 3.05) is 0 Å². The monoisotopic (exact) mass is 263 g/mol. The van der Waals surface area contributed by atoms with Gasteiger partial charge in [0.25, 0.3) is 0 Å². The van der Waals surface area contributed by atoms with E-state index in [1.807, 2.05) is 0 Å². The normalized spacial score (nSPS) is 20.5. The molecule has 1 unspecified atom stereocenters. The van der Waals surface area contributed by atoms with Crippen LogP contribution in [0.25, 0.3) is 5.57 Å². The van der Waals surface area contributed by atoms with Gasteiger partial charge in [-0.15, -0.1) is 5.10 Å². The molecule has 19 heavy (non-hydrogen) atoms. The maximum absolute atomic E-state index is 10.6. The lowest BCUT2D eigenvalue weighted by Gasteiger charge is -2.29. The number of H-pyrrole nitrogens is 1. The molecule has 0 aliphatic heterocycles. The van der Waals surface area contributed by atoms with Crippen LogP contribution in [0, 0.1) is 11.3 Å². The molecule has 1 atom stereocenters. The number of hydrogen-bond donors (Lipinski definition) is 2. The lowest BCUT2D eigenvalue weighted by Crippen LogP contribution is -2.28. The molecule has 1 saturated carbocycles. The minimum absolute atomic E-state index is 0.189. The van der Waals surface area contributed by atoms with Crippen molar-refractivity contribution >= 4 is 5.57 Å². The number of aliphatic hydroxyl groups excluding tert-OH is 1. The molecule has 4 nitrogen and oxygen atoms in total. The fourth-order valence-electron chi connectivity index (χ4n) is 2.69. The van der Waals surface area contributed by atoms with Gasteiger partial charge in [-0.2, -0.15) is 0 Å². The van der Waals surface area contributed by atoms with Crippen molar-refractivity contribution < 1.29 is 5.11 Å². The topological polar surface area (TPSA) is 61.8 Å². The van der Waals surface area contributed by atoms with Gasteiger partial charge in [0, 0.05) is 5.57 Å². The zero-order valence-corrected chi connectivity index (χ0v) is 12.2. The van der Waals surface area contributed by atoms with Crippen LogP contribution in [0.4, 0.5) is 0 Å². The van der Waals surface area contributed by atoms with Crippen molar-refractivity contribution in [2.45, 2.75) is 59.0 Å². The summed E-state index contributed by atoms with van der Waals surface area (Å²) in [6.07, 6.45) is 9.81. The molecule has 1 heterocycles. The molecule has 2 rings (SSSR count). The third-order valence-corrected chi connectivity index (χ3v) is 3.91. The molecule has 1 fully saturated rings. The second-order valence-corrected chi connectivity index (χ2v) is 6.66. The van der Waals surface area contributed by atoms with Crippen LogP contribution in [-0.4, -0.2) is 26.6 Å². The molecule has 0 aromatic carbocycles. The molecule has 0 saturated heterocycles. The highest BCUT2D eigenvalue weighted by molar-refractivity contribution is 5.66. The number of rotatable bonds is 3. The predicted octanol–water partition coefficient (Wildman–Crippen LogP) is 3.18. The maximum Gasteiger partial charge on any atom is 0.0856 e. The zero-order chi connectivity index (χ0) is 13.9. The first-order chi connectivity index (χ1) is 8.98. The van der Waals surface area contributed by atoms with Crippen LogP contribution < -0.4 is 0 Å². The van der Waals surface area contributed by atoms with Crippen LogP contribution in [0.15, 0.2) is 12.3 Å². The van der Waals surface area contributed by atoms with E-state index in [9.17, 15) is 5.11 Å². The first-order valence-corrected chi connectivity index (χ1v) is 7.24. The van der Waals surface area contributed by atoms with Gasteiger partial charge in [0.1, 0.15) is 0 Å². The summed E-state index contributed by atoms with van der Waals surface area (Å²) in [6, 6.07) is 0. The van der Waals surface area contributed by atoms with Crippen LogP contribution in [0.3, 0.4) is 0 Å². The van der Waals surface area contributed by atoms with E-state index in [1.54, 1.807) is 6.20 Å². The van der Waals surface area contributed by atoms with Crippen LogP contribution in [-0.2, 0) is 0 Å². The molecular weight excluding hydrogens is 238 g/mol. The molecule has 1 aromatic rings. The van der Waals surface area contributed by atoms with E-state index >= 15 is 0 Å². The Balaban J connectivity index is 2.26. The van der Waals surface area contributed by atoms with E-state index in [1.165, 1.54) is 32.1 Å². The summed E-state index contributed by atoms with van der Waals surface area (Å²) in [7, 11) is 0. The van der Waals surface area contributed by atoms with Gasteiger partial charge in [0.15, 0.2) is 0 Å². The Morgan fingerprint density at radius 3 is 2.58 bits per heavy atom. The summed E-state index contributed by atoms with van der Waals surface area (Å²) in [5.41, 5.74) is 1.60. The number of aromatic nitrogens is 3. The average molecular weight is 263 g/mol. The van der Waals surface area contributed by atoms with E-state index in [2.05, 4.69) is 42.3 Å². The first kappa shape index (κ1) is 14.3. The Morgan fingerprint density at radius 2 is 2.05 bits per heavy atom. The third kappa shape index (κ3) is 3.66. The number of aliphatic hydroxyl groups is 1. The molecule has 2 N–H and O–H groups in total. The highest BCUT2D eigenvalue weighted by Gasteiger charge is 2.28. The van der Waals surface area contributed by atoms with Crippen LogP contribution in [0.2, 0.25) is 0 Å². The predicted molar refractivity (Wildman–Crippen MR) is 76.4 cm³/mol. The molecule has 106 valence electrons. The number of nitrogens with zero attached hydrogens (tertiary/aromatic N) is 2. The van der Waals surface area contributed by atoms with E-state index in [0.29, 0.717) is 5.92 Å². The van der Waals surface area contributed by atoms with Gasteiger partial charge in [0.05, 0.1) is 18.0 Å². The van der Waals surface area contributed by atoms with Crippen molar-refractivity contribution in [1.29, 1.82) is 0 Å². The molecular formula is C15H25N3O. The SMILES string of the molecule is CC(C)(C)C(O)C(=CC1CCCCC1)c1cnn[nH]1. The first-order valence-electron chi connectivity index (χ1n) is 7.24. The van der Waals surface area contributed by atoms with Gasteiger partial charge < -0.3 is 5.11 Å². The fourth-order valence-corrected chi connectivity index (χ4v) is 2.69. The van der Waals surface area contributed by atoms with E-state index in [0.717, 1.165) is 11.3 Å². The van der Waals surface area contributed by atoms with Crippen LogP contribution in [0.5, 0.6) is 0 Å². The molecule has 0 spiro atoms. The Bertz CT molecular complexity index is 411. The summed E-state index contributed by atoms with van der Waals surface area (Å²) in [5, 5.41) is 21.1. The molecule has 1 aliphatic carbocycles. The lowest BCUT2D eigenvalue weighted by atomic mass is 9.80. The van der Waals surface area contributed by atoms with Gasteiger partial charge in [0.2, 0.25) is 0 Å². The largest absolute Gasteiger partial charge is 0.388 e. The van der Waals surface area contributed by atoms with Crippen molar-refractivity contribution in [3.63, 3.8) is 0 Å². The number of aromatic amines is 1. The smallest absolute Gasteiger partial charge is 0.0856 e. The maximum atomic E-state index is 10.6. The number of nitrogens with one attached hydrogen (secondary N) is 1. The van der Waals surface area contributed by atoms with E-state index in [-0.39, 0.29) is 5.41 Å².